The van der Waals surface area contributed by atoms with Gasteiger partial charge in [-0.1, -0.05) is 30.3 Å². The molecule has 0 unspecified atom stereocenters. The fraction of sp³-hybridized carbons (Fsp3) is 0.167. The minimum absolute atomic E-state index is 0.219. The van der Waals surface area contributed by atoms with Crippen molar-refractivity contribution in [3.05, 3.63) is 42.0 Å². The lowest BCUT2D eigenvalue weighted by atomic mass is 10.1. The maximum atomic E-state index is 11.7. The third kappa shape index (κ3) is 1.70. The van der Waals surface area contributed by atoms with Crippen molar-refractivity contribution in [1.82, 2.24) is 0 Å². The van der Waals surface area contributed by atoms with Crippen LogP contribution in [0.15, 0.2) is 41.3 Å². The van der Waals surface area contributed by atoms with E-state index in [1.54, 1.807) is 18.2 Å². The van der Waals surface area contributed by atoms with E-state index >= 15 is 0 Å². The van der Waals surface area contributed by atoms with Crippen molar-refractivity contribution in [2.75, 3.05) is 7.11 Å². The first-order chi connectivity index (χ1) is 7.56. The van der Waals surface area contributed by atoms with Crippen LogP contribution in [0, 0.1) is 6.92 Å². The van der Waals surface area contributed by atoms with Crippen molar-refractivity contribution >= 4 is 20.9 Å². The van der Waals surface area contributed by atoms with Crippen molar-refractivity contribution in [2.24, 2.45) is 0 Å². The fourth-order valence-electron chi connectivity index (χ4n) is 1.75. The molecule has 0 aromatic heterocycles. The van der Waals surface area contributed by atoms with Gasteiger partial charge in [0.1, 0.15) is 4.90 Å². The largest absolute Gasteiger partial charge is 0.297 e. The van der Waals surface area contributed by atoms with Crippen LogP contribution >= 0.6 is 0 Å². The van der Waals surface area contributed by atoms with Crippen LogP contribution in [0.5, 0.6) is 0 Å². The van der Waals surface area contributed by atoms with E-state index in [0.717, 1.165) is 10.9 Å². The van der Waals surface area contributed by atoms with Crippen molar-refractivity contribution in [3.63, 3.8) is 0 Å². The molecule has 0 bridgehead atoms. The van der Waals surface area contributed by atoms with E-state index in [0.29, 0.717) is 5.39 Å². The van der Waals surface area contributed by atoms with E-state index in [9.17, 15) is 8.42 Å². The maximum Gasteiger partial charge on any atom is 0.297 e. The number of hydrogen-bond donors (Lipinski definition) is 0. The van der Waals surface area contributed by atoms with Crippen molar-refractivity contribution in [2.45, 2.75) is 11.8 Å². The monoisotopic (exact) mass is 236 g/mol. The Labute approximate surface area is 94.8 Å². The van der Waals surface area contributed by atoms with Gasteiger partial charge in [0, 0.05) is 5.39 Å². The summed E-state index contributed by atoms with van der Waals surface area (Å²) in [7, 11) is -2.47. The normalized spacial score (nSPS) is 11.9. The van der Waals surface area contributed by atoms with Crippen LogP contribution in [0.3, 0.4) is 0 Å². The van der Waals surface area contributed by atoms with Gasteiger partial charge >= 0.3 is 0 Å². The molecule has 16 heavy (non-hydrogen) atoms. The van der Waals surface area contributed by atoms with Gasteiger partial charge in [0.05, 0.1) is 7.11 Å². The van der Waals surface area contributed by atoms with Crippen LogP contribution in [0.25, 0.3) is 10.8 Å². The summed E-state index contributed by atoms with van der Waals surface area (Å²) >= 11 is 0. The van der Waals surface area contributed by atoms with E-state index in [2.05, 4.69) is 4.18 Å². The summed E-state index contributed by atoms with van der Waals surface area (Å²) in [6.07, 6.45) is 0. The zero-order valence-corrected chi connectivity index (χ0v) is 9.91. The molecular weight excluding hydrogens is 224 g/mol. The van der Waals surface area contributed by atoms with Gasteiger partial charge in [-0.05, 0) is 23.9 Å². The Morgan fingerprint density at radius 2 is 1.62 bits per heavy atom. The SMILES string of the molecule is COS(=O)(=O)c1cccc2c(C)cccc12. The summed E-state index contributed by atoms with van der Waals surface area (Å²) in [4.78, 5) is 0.219. The highest BCUT2D eigenvalue weighted by molar-refractivity contribution is 7.87. The highest BCUT2D eigenvalue weighted by Gasteiger charge is 2.16. The molecule has 0 aliphatic rings. The molecule has 0 saturated heterocycles. The molecule has 0 aliphatic heterocycles. The highest BCUT2D eigenvalue weighted by atomic mass is 32.2. The predicted octanol–water partition coefficient (Wildman–Crippen LogP) is 2.48. The van der Waals surface area contributed by atoms with Gasteiger partial charge < -0.3 is 0 Å². The standard InChI is InChI=1S/C12H12O3S/c1-9-5-3-7-11-10(9)6-4-8-12(11)16(13,14)15-2/h3-8H,1-2H3. The Morgan fingerprint density at radius 1 is 1.00 bits per heavy atom. The van der Waals surface area contributed by atoms with E-state index in [-0.39, 0.29) is 4.90 Å². The lowest BCUT2D eigenvalue weighted by molar-refractivity contribution is 0.398. The van der Waals surface area contributed by atoms with Crippen LogP contribution in [0.1, 0.15) is 5.56 Å². The summed E-state index contributed by atoms with van der Waals surface area (Å²) in [5, 5.41) is 1.63. The molecule has 0 N–H and O–H groups in total. The summed E-state index contributed by atoms with van der Waals surface area (Å²) in [6.45, 7) is 1.95. The van der Waals surface area contributed by atoms with Crippen LogP contribution in [-0.2, 0) is 14.3 Å². The Bertz CT molecular complexity index is 630. The molecule has 0 spiro atoms. The van der Waals surface area contributed by atoms with Crippen molar-refractivity contribution in [1.29, 1.82) is 0 Å². The first kappa shape index (κ1) is 11.1. The van der Waals surface area contributed by atoms with Crippen LogP contribution in [-0.4, -0.2) is 15.5 Å². The van der Waals surface area contributed by atoms with E-state index in [4.69, 9.17) is 0 Å². The molecule has 2 aromatic carbocycles. The Hall–Kier alpha value is -1.39. The lowest BCUT2D eigenvalue weighted by Crippen LogP contribution is -2.03. The minimum Gasteiger partial charge on any atom is -0.270 e. The van der Waals surface area contributed by atoms with E-state index in [1.807, 2.05) is 25.1 Å². The third-order valence-corrected chi connectivity index (χ3v) is 3.92. The quantitative estimate of drug-likeness (QED) is 0.752. The Kier molecular flexibility index (Phi) is 2.69. The zero-order valence-electron chi connectivity index (χ0n) is 9.10. The average Bonchev–Trinajstić information content (AvgIpc) is 2.29. The third-order valence-electron chi connectivity index (χ3n) is 2.59. The van der Waals surface area contributed by atoms with Gasteiger partial charge in [-0.2, -0.15) is 8.42 Å². The number of fused-ring (bicyclic) bond motifs is 1. The second-order valence-electron chi connectivity index (χ2n) is 3.55. The molecule has 0 atom stereocenters. The second-order valence-corrected chi connectivity index (χ2v) is 5.23. The van der Waals surface area contributed by atoms with Crippen molar-refractivity contribution < 1.29 is 12.6 Å². The molecule has 0 radical (unpaired) electrons. The topological polar surface area (TPSA) is 43.4 Å². The molecule has 0 fully saturated rings. The average molecular weight is 236 g/mol. The molecule has 84 valence electrons. The van der Waals surface area contributed by atoms with E-state index in [1.165, 1.54) is 7.11 Å². The number of hydrogen-bond acceptors (Lipinski definition) is 3. The van der Waals surface area contributed by atoms with Gasteiger partial charge in [-0.25, -0.2) is 0 Å². The predicted molar refractivity (Wildman–Crippen MR) is 62.9 cm³/mol. The Morgan fingerprint density at radius 3 is 2.31 bits per heavy atom. The minimum atomic E-state index is -3.64. The summed E-state index contributed by atoms with van der Waals surface area (Å²) < 4.78 is 28.0. The smallest absolute Gasteiger partial charge is 0.270 e. The van der Waals surface area contributed by atoms with Crippen LogP contribution in [0.4, 0.5) is 0 Å². The van der Waals surface area contributed by atoms with Gasteiger partial charge in [0.25, 0.3) is 10.1 Å². The first-order valence-electron chi connectivity index (χ1n) is 4.85. The molecule has 3 nitrogen and oxygen atoms in total. The van der Waals surface area contributed by atoms with Gasteiger partial charge in [0.15, 0.2) is 0 Å². The van der Waals surface area contributed by atoms with Gasteiger partial charge in [0.2, 0.25) is 0 Å². The number of rotatable bonds is 2. The number of aryl methyl sites for hydroxylation is 1. The molecule has 0 aliphatic carbocycles. The molecule has 0 heterocycles. The lowest BCUT2D eigenvalue weighted by Gasteiger charge is -2.07. The summed E-state index contributed by atoms with van der Waals surface area (Å²) in [6, 6.07) is 10.8. The molecule has 2 aromatic rings. The van der Waals surface area contributed by atoms with Crippen LogP contribution in [0.2, 0.25) is 0 Å². The molecule has 4 heteroatoms. The van der Waals surface area contributed by atoms with Crippen LogP contribution < -0.4 is 0 Å². The summed E-state index contributed by atoms with van der Waals surface area (Å²) in [5.74, 6) is 0. The maximum absolute atomic E-state index is 11.7. The summed E-state index contributed by atoms with van der Waals surface area (Å²) in [5.41, 5.74) is 1.05. The second kappa shape index (κ2) is 3.88. The van der Waals surface area contributed by atoms with Crippen molar-refractivity contribution in [3.8, 4) is 0 Å². The molecule has 0 saturated carbocycles. The molecular formula is C12H12O3S. The molecule has 0 amide bonds. The molecule has 2 rings (SSSR count). The van der Waals surface area contributed by atoms with E-state index < -0.39 is 10.1 Å². The zero-order chi connectivity index (χ0) is 11.8. The first-order valence-corrected chi connectivity index (χ1v) is 6.26. The van der Waals surface area contributed by atoms with Gasteiger partial charge in [-0.15, -0.1) is 0 Å². The van der Waals surface area contributed by atoms with Gasteiger partial charge in [-0.3, -0.25) is 4.18 Å². The fourth-order valence-corrected chi connectivity index (χ4v) is 2.62. The highest BCUT2D eigenvalue weighted by Crippen LogP contribution is 2.26. The Balaban J connectivity index is 2.88. The number of benzene rings is 2.